The second-order valence-corrected chi connectivity index (χ2v) is 4.26. The van der Waals surface area contributed by atoms with Gasteiger partial charge in [0, 0.05) is 4.47 Å². The van der Waals surface area contributed by atoms with E-state index in [1.807, 2.05) is 24.3 Å². The smallest absolute Gasteiger partial charge is 0.154 e. The molecule has 0 aliphatic rings. The van der Waals surface area contributed by atoms with Crippen LogP contribution in [0.1, 0.15) is 0 Å². The lowest BCUT2D eigenvalue weighted by Crippen LogP contribution is -1.99. The second kappa shape index (κ2) is 4.67. The molecule has 0 atom stereocenters. The molecular weight excluding hydrogens is 291 g/mol. The van der Waals surface area contributed by atoms with Gasteiger partial charge in [0.1, 0.15) is 17.2 Å². The predicted molar refractivity (Wildman–Crippen MR) is 68.9 cm³/mol. The molecule has 16 heavy (non-hydrogen) atoms. The highest BCUT2D eigenvalue weighted by atomic mass is 79.9. The molecule has 4 nitrogen and oxygen atoms in total. The summed E-state index contributed by atoms with van der Waals surface area (Å²) in [5.74, 6) is 0.743. The van der Waals surface area contributed by atoms with Crippen molar-refractivity contribution in [2.45, 2.75) is 0 Å². The molecule has 82 valence electrons. The number of anilines is 3. The Hall–Kier alpha value is -1.33. The third-order valence-corrected chi connectivity index (χ3v) is 3.01. The quantitative estimate of drug-likeness (QED) is 0.893. The standard InChI is InChI=1S/C10H8BrClN4/c11-6-3-1-2-4-7(6)16-10-8(12)9(13)14-5-15-10/h1-5H,(H3,13,14,15,16). The molecule has 6 heteroatoms. The molecule has 0 bridgehead atoms. The van der Waals surface area contributed by atoms with E-state index in [-0.39, 0.29) is 5.82 Å². The summed E-state index contributed by atoms with van der Waals surface area (Å²) < 4.78 is 0.920. The number of rotatable bonds is 2. The Kier molecular flexibility index (Phi) is 3.26. The van der Waals surface area contributed by atoms with Crippen molar-refractivity contribution in [1.29, 1.82) is 0 Å². The number of halogens is 2. The van der Waals surface area contributed by atoms with Crippen LogP contribution in [0.15, 0.2) is 35.1 Å². The Balaban J connectivity index is 2.35. The summed E-state index contributed by atoms with van der Waals surface area (Å²) >= 11 is 9.38. The van der Waals surface area contributed by atoms with E-state index in [9.17, 15) is 0 Å². The summed E-state index contributed by atoms with van der Waals surface area (Å²) in [6, 6.07) is 7.65. The van der Waals surface area contributed by atoms with Gasteiger partial charge in [-0.1, -0.05) is 23.7 Å². The van der Waals surface area contributed by atoms with Crippen molar-refractivity contribution in [2.75, 3.05) is 11.1 Å². The van der Waals surface area contributed by atoms with E-state index < -0.39 is 0 Å². The summed E-state index contributed by atoms with van der Waals surface area (Å²) in [5.41, 5.74) is 6.44. The number of para-hydroxylation sites is 1. The minimum Gasteiger partial charge on any atom is -0.382 e. The highest BCUT2D eigenvalue weighted by Gasteiger charge is 2.07. The highest BCUT2D eigenvalue weighted by Crippen LogP contribution is 2.29. The van der Waals surface area contributed by atoms with Crippen molar-refractivity contribution in [3.63, 3.8) is 0 Å². The van der Waals surface area contributed by atoms with Gasteiger partial charge in [-0.2, -0.15) is 0 Å². The lowest BCUT2D eigenvalue weighted by atomic mass is 10.3. The second-order valence-electron chi connectivity index (χ2n) is 3.03. The van der Waals surface area contributed by atoms with Crippen LogP contribution in [0.2, 0.25) is 5.02 Å². The molecule has 2 rings (SSSR count). The van der Waals surface area contributed by atoms with Crippen LogP contribution in [0.4, 0.5) is 17.3 Å². The molecule has 0 amide bonds. The number of nitrogen functional groups attached to an aromatic ring is 1. The number of nitrogens with two attached hydrogens (primary N) is 1. The van der Waals surface area contributed by atoms with Gasteiger partial charge in [-0.15, -0.1) is 0 Å². The normalized spacial score (nSPS) is 10.1. The average Bonchev–Trinajstić information content (AvgIpc) is 2.28. The predicted octanol–water partition coefficient (Wildman–Crippen LogP) is 3.22. The Morgan fingerprint density at radius 3 is 2.75 bits per heavy atom. The number of nitrogens with zero attached hydrogens (tertiary/aromatic N) is 2. The number of hydrogen-bond donors (Lipinski definition) is 2. The van der Waals surface area contributed by atoms with Crippen molar-refractivity contribution >= 4 is 44.9 Å². The minimum absolute atomic E-state index is 0.256. The first-order chi connectivity index (χ1) is 7.68. The summed E-state index contributed by atoms with van der Waals surface area (Å²) in [7, 11) is 0. The van der Waals surface area contributed by atoms with Gasteiger partial charge in [0.05, 0.1) is 5.69 Å². The molecule has 0 fully saturated rings. The maximum Gasteiger partial charge on any atom is 0.154 e. The molecule has 0 aliphatic heterocycles. The lowest BCUT2D eigenvalue weighted by molar-refractivity contribution is 1.17. The fourth-order valence-electron chi connectivity index (χ4n) is 1.16. The number of nitrogens with one attached hydrogen (secondary N) is 1. The Labute approximate surface area is 106 Å². The van der Waals surface area contributed by atoms with Crippen molar-refractivity contribution in [3.05, 3.63) is 40.1 Å². The van der Waals surface area contributed by atoms with Crippen LogP contribution in [-0.2, 0) is 0 Å². The summed E-state index contributed by atoms with van der Waals surface area (Å²) in [4.78, 5) is 7.81. The van der Waals surface area contributed by atoms with Crippen LogP contribution < -0.4 is 11.1 Å². The molecule has 0 radical (unpaired) electrons. The molecule has 1 aromatic heterocycles. The van der Waals surface area contributed by atoms with Crippen molar-refractivity contribution in [3.8, 4) is 0 Å². The largest absolute Gasteiger partial charge is 0.382 e. The molecule has 0 aliphatic carbocycles. The van der Waals surface area contributed by atoms with Gasteiger partial charge in [0.15, 0.2) is 5.82 Å². The first kappa shape index (κ1) is 11.2. The van der Waals surface area contributed by atoms with E-state index >= 15 is 0 Å². The maximum atomic E-state index is 5.97. The third kappa shape index (κ3) is 2.25. The average molecular weight is 300 g/mol. The van der Waals surface area contributed by atoms with Crippen LogP contribution in [-0.4, -0.2) is 9.97 Å². The van der Waals surface area contributed by atoms with E-state index in [2.05, 4.69) is 31.2 Å². The number of benzene rings is 1. The van der Waals surface area contributed by atoms with Gasteiger partial charge in [-0.3, -0.25) is 0 Å². The van der Waals surface area contributed by atoms with Gasteiger partial charge >= 0.3 is 0 Å². The molecule has 3 N–H and O–H groups in total. The first-order valence-electron chi connectivity index (χ1n) is 4.46. The van der Waals surface area contributed by atoms with Crippen LogP contribution in [0.25, 0.3) is 0 Å². The zero-order chi connectivity index (χ0) is 11.5. The maximum absolute atomic E-state index is 5.97. The Bertz CT molecular complexity index is 518. The van der Waals surface area contributed by atoms with Gasteiger partial charge in [0.2, 0.25) is 0 Å². The van der Waals surface area contributed by atoms with Crippen LogP contribution in [0, 0.1) is 0 Å². The van der Waals surface area contributed by atoms with Gasteiger partial charge in [-0.25, -0.2) is 9.97 Å². The van der Waals surface area contributed by atoms with Gasteiger partial charge < -0.3 is 11.1 Å². The molecule has 1 aromatic carbocycles. The zero-order valence-corrected chi connectivity index (χ0v) is 10.5. The van der Waals surface area contributed by atoms with Crippen molar-refractivity contribution in [2.24, 2.45) is 0 Å². The zero-order valence-electron chi connectivity index (χ0n) is 8.11. The van der Waals surface area contributed by atoms with E-state index in [1.165, 1.54) is 6.33 Å². The molecule has 0 saturated heterocycles. The molecular formula is C10H8BrClN4. The Morgan fingerprint density at radius 1 is 1.25 bits per heavy atom. The van der Waals surface area contributed by atoms with Crippen molar-refractivity contribution < 1.29 is 0 Å². The van der Waals surface area contributed by atoms with Gasteiger partial charge in [0.25, 0.3) is 0 Å². The monoisotopic (exact) mass is 298 g/mol. The van der Waals surface area contributed by atoms with Crippen LogP contribution >= 0.6 is 27.5 Å². The molecule has 0 spiro atoms. The Morgan fingerprint density at radius 2 is 2.00 bits per heavy atom. The third-order valence-electron chi connectivity index (χ3n) is 1.94. The lowest BCUT2D eigenvalue weighted by Gasteiger charge is -2.09. The molecule has 2 aromatic rings. The summed E-state index contributed by atoms with van der Waals surface area (Å²) in [5, 5.41) is 3.39. The topological polar surface area (TPSA) is 63.8 Å². The highest BCUT2D eigenvalue weighted by molar-refractivity contribution is 9.10. The van der Waals surface area contributed by atoms with Gasteiger partial charge in [-0.05, 0) is 28.1 Å². The molecule has 0 saturated carbocycles. The fraction of sp³-hybridized carbons (Fsp3) is 0. The SMILES string of the molecule is Nc1ncnc(Nc2ccccc2Br)c1Cl. The van der Waals surface area contributed by atoms with E-state index in [4.69, 9.17) is 17.3 Å². The van der Waals surface area contributed by atoms with E-state index in [0.29, 0.717) is 10.8 Å². The first-order valence-corrected chi connectivity index (χ1v) is 5.63. The number of aromatic nitrogens is 2. The van der Waals surface area contributed by atoms with E-state index in [1.54, 1.807) is 0 Å². The summed E-state index contributed by atoms with van der Waals surface area (Å²) in [6.45, 7) is 0. The minimum atomic E-state index is 0.256. The van der Waals surface area contributed by atoms with E-state index in [0.717, 1.165) is 10.2 Å². The molecule has 1 heterocycles. The van der Waals surface area contributed by atoms with Crippen molar-refractivity contribution in [1.82, 2.24) is 9.97 Å². The summed E-state index contributed by atoms with van der Waals surface area (Å²) in [6.07, 6.45) is 1.36. The number of hydrogen-bond acceptors (Lipinski definition) is 4. The van der Waals surface area contributed by atoms with Crippen LogP contribution in [0.3, 0.4) is 0 Å². The van der Waals surface area contributed by atoms with Crippen LogP contribution in [0.5, 0.6) is 0 Å². The molecule has 0 unspecified atom stereocenters. The fourth-order valence-corrected chi connectivity index (χ4v) is 1.69.